The second-order valence-electron chi connectivity index (χ2n) is 4.56. The summed E-state index contributed by atoms with van der Waals surface area (Å²) in [5, 5.41) is 2.43. The van der Waals surface area contributed by atoms with Crippen LogP contribution in [-0.4, -0.2) is 36.6 Å². The van der Waals surface area contributed by atoms with Crippen molar-refractivity contribution in [1.29, 1.82) is 0 Å². The van der Waals surface area contributed by atoms with Crippen molar-refractivity contribution in [3.63, 3.8) is 0 Å². The molecule has 0 aliphatic heterocycles. The fourth-order valence-electron chi connectivity index (χ4n) is 1.94. The van der Waals surface area contributed by atoms with E-state index < -0.39 is 23.4 Å². The van der Waals surface area contributed by atoms with Crippen LogP contribution >= 0.6 is 0 Å². The maximum Gasteiger partial charge on any atom is 0.343 e. The number of amides is 1. The minimum Gasteiger partial charge on any atom is -0.464 e. The quantitative estimate of drug-likeness (QED) is 0.287. The Morgan fingerprint density at radius 2 is 1.62 bits per heavy atom. The van der Waals surface area contributed by atoms with Gasteiger partial charge in [-0.1, -0.05) is 6.08 Å². The van der Waals surface area contributed by atoms with Gasteiger partial charge in [0.15, 0.2) is 0 Å². The lowest BCUT2D eigenvalue weighted by Crippen LogP contribution is -2.61. The van der Waals surface area contributed by atoms with Gasteiger partial charge < -0.3 is 14.8 Å². The third-order valence-electron chi connectivity index (χ3n) is 2.85. The number of hydrogen-bond donors (Lipinski definition) is 1. The molecule has 0 aromatic rings. The molecule has 0 saturated heterocycles. The van der Waals surface area contributed by atoms with E-state index in [-0.39, 0.29) is 19.6 Å². The number of unbranched alkanes of at least 4 members (excludes halogenated alkanes) is 2. The van der Waals surface area contributed by atoms with Gasteiger partial charge >= 0.3 is 11.9 Å². The van der Waals surface area contributed by atoms with E-state index in [1.165, 1.54) is 6.92 Å². The smallest absolute Gasteiger partial charge is 0.343 e. The molecule has 6 nitrogen and oxygen atoms in total. The number of ether oxygens (including phenoxy) is 2. The van der Waals surface area contributed by atoms with Gasteiger partial charge in [-0.2, -0.15) is 0 Å². The van der Waals surface area contributed by atoms with Crippen LogP contribution in [0.15, 0.2) is 12.7 Å². The van der Waals surface area contributed by atoms with Crippen molar-refractivity contribution in [2.45, 2.75) is 52.0 Å². The molecule has 0 atom stereocenters. The summed E-state index contributed by atoms with van der Waals surface area (Å²) in [6.07, 6.45) is 3.97. The third kappa shape index (κ3) is 5.97. The molecule has 6 heteroatoms. The largest absolute Gasteiger partial charge is 0.464 e. The molecule has 0 aromatic heterocycles. The van der Waals surface area contributed by atoms with Gasteiger partial charge in [-0.3, -0.25) is 4.79 Å². The Bertz CT molecular complexity index is 360. The number of hydrogen-bond acceptors (Lipinski definition) is 5. The van der Waals surface area contributed by atoms with E-state index in [9.17, 15) is 14.4 Å². The predicted octanol–water partition coefficient (Wildman–Crippen LogP) is 1.73. The number of carbonyl (C=O) groups is 3. The van der Waals surface area contributed by atoms with Crippen molar-refractivity contribution in [2.24, 2.45) is 0 Å². The molecule has 0 saturated carbocycles. The Labute approximate surface area is 125 Å². The van der Waals surface area contributed by atoms with E-state index >= 15 is 0 Å². The lowest BCUT2D eigenvalue weighted by molar-refractivity contribution is -0.168. The Kier molecular flexibility index (Phi) is 9.08. The van der Waals surface area contributed by atoms with Gasteiger partial charge in [-0.25, -0.2) is 9.59 Å². The molecule has 0 rings (SSSR count). The maximum atomic E-state index is 12.2. The molecule has 0 bridgehead atoms. The van der Waals surface area contributed by atoms with Crippen LogP contribution in [0.3, 0.4) is 0 Å². The standard InChI is InChI=1S/C15H25NO5/c1-5-8-9-10-11-15(16-12(4)17,13(18)20-6-2)14(19)21-7-3/h5H,1,6-11H2,2-4H3,(H,16,17). The van der Waals surface area contributed by atoms with Gasteiger partial charge in [0.2, 0.25) is 11.4 Å². The van der Waals surface area contributed by atoms with E-state index in [1.807, 2.05) is 0 Å². The van der Waals surface area contributed by atoms with Crippen LogP contribution in [0.4, 0.5) is 0 Å². The Morgan fingerprint density at radius 3 is 2.00 bits per heavy atom. The minimum absolute atomic E-state index is 0.117. The van der Waals surface area contributed by atoms with Gasteiger partial charge in [0, 0.05) is 6.92 Å². The summed E-state index contributed by atoms with van der Waals surface area (Å²) < 4.78 is 9.92. The summed E-state index contributed by atoms with van der Waals surface area (Å²) in [5.41, 5.74) is -1.76. The number of esters is 2. The first-order valence-electron chi connectivity index (χ1n) is 7.18. The Hall–Kier alpha value is -1.85. The first-order valence-corrected chi connectivity index (χ1v) is 7.18. The monoisotopic (exact) mass is 299 g/mol. The van der Waals surface area contributed by atoms with Gasteiger partial charge in [0.25, 0.3) is 0 Å². The Morgan fingerprint density at radius 1 is 1.10 bits per heavy atom. The van der Waals surface area contributed by atoms with Gasteiger partial charge in [-0.15, -0.1) is 6.58 Å². The van der Waals surface area contributed by atoms with Crippen molar-refractivity contribution in [1.82, 2.24) is 5.32 Å². The van der Waals surface area contributed by atoms with Crippen molar-refractivity contribution >= 4 is 17.8 Å². The summed E-state index contributed by atoms with van der Waals surface area (Å²) >= 11 is 0. The number of rotatable bonds is 10. The molecule has 0 heterocycles. The maximum absolute atomic E-state index is 12.2. The fourth-order valence-corrected chi connectivity index (χ4v) is 1.94. The highest BCUT2D eigenvalue weighted by Crippen LogP contribution is 2.20. The highest BCUT2D eigenvalue weighted by Gasteiger charge is 2.49. The molecule has 120 valence electrons. The molecular formula is C15H25NO5. The molecule has 1 amide bonds. The van der Waals surface area contributed by atoms with Crippen LogP contribution in [0.1, 0.15) is 46.5 Å². The van der Waals surface area contributed by atoms with Gasteiger partial charge in [0.1, 0.15) is 0 Å². The zero-order chi connectivity index (χ0) is 16.3. The van der Waals surface area contributed by atoms with Crippen LogP contribution in [0, 0.1) is 0 Å². The van der Waals surface area contributed by atoms with Crippen molar-refractivity contribution in [3.05, 3.63) is 12.7 Å². The molecule has 1 N–H and O–H groups in total. The van der Waals surface area contributed by atoms with Crippen LogP contribution in [-0.2, 0) is 23.9 Å². The lowest BCUT2D eigenvalue weighted by Gasteiger charge is -2.29. The number of nitrogens with one attached hydrogen (secondary N) is 1. The molecular weight excluding hydrogens is 274 g/mol. The molecule has 0 unspecified atom stereocenters. The molecule has 0 radical (unpaired) electrons. The average molecular weight is 299 g/mol. The lowest BCUT2D eigenvalue weighted by atomic mass is 9.91. The molecule has 0 aliphatic rings. The SMILES string of the molecule is C=CCCCCC(NC(C)=O)(C(=O)OCC)C(=O)OCC. The van der Waals surface area contributed by atoms with Crippen LogP contribution in [0.5, 0.6) is 0 Å². The van der Waals surface area contributed by atoms with Crippen molar-refractivity contribution in [2.75, 3.05) is 13.2 Å². The zero-order valence-electron chi connectivity index (χ0n) is 13.1. The first kappa shape index (κ1) is 19.1. The summed E-state index contributed by atoms with van der Waals surface area (Å²) in [6, 6.07) is 0. The summed E-state index contributed by atoms with van der Waals surface area (Å²) in [6.45, 7) is 8.38. The zero-order valence-corrected chi connectivity index (χ0v) is 13.1. The average Bonchev–Trinajstić information content (AvgIpc) is 2.42. The minimum atomic E-state index is -1.76. The van der Waals surface area contributed by atoms with Crippen LogP contribution < -0.4 is 5.32 Å². The highest BCUT2D eigenvalue weighted by atomic mass is 16.6. The molecule has 0 aliphatic carbocycles. The molecule has 21 heavy (non-hydrogen) atoms. The fraction of sp³-hybridized carbons (Fsp3) is 0.667. The Balaban J connectivity index is 5.27. The third-order valence-corrected chi connectivity index (χ3v) is 2.85. The molecule has 0 aromatic carbocycles. The summed E-state index contributed by atoms with van der Waals surface area (Å²) in [4.78, 5) is 35.9. The van der Waals surface area contributed by atoms with E-state index in [4.69, 9.17) is 9.47 Å². The van der Waals surface area contributed by atoms with E-state index in [0.29, 0.717) is 6.42 Å². The van der Waals surface area contributed by atoms with E-state index in [1.54, 1.807) is 19.9 Å². The van der Waals surface area contributed by atoms with Gasteiger partial charge in [-0.05, 0) is 39.5 Å². The second-order valence-corrected chi connectivity index (χ2v) is 4.56. The molecule has 0 spiro atoms. The van der Waals surface area contributed by atoms with Crippen LogP contribution in [0.2, 0.25) is 0 Å². The number of allylic oxidation sites excluding steroid dienone is 1. The topological polar surface area (TPSA) is 81.7 Å². The van der Waals surface area contributed by atoms with E-state index in [0.717, 1.165) is 12.8 Å². The van der Waals surface area contributed by atoms with Crippen LogP contribution in [0.25, 0.3) is 0 Å². The first-order chi connectivity index (χ1) is 9.94. The summed E-state index contributed by atoms with van der Waals surface area (Å²) in [7, 11) is 0. The van der Waals surface area contributed by atoms with Crippen molar-refractivity contribution in [3.8, 4) is 0 Å². The van der Waals surface area contributed by atoms with E-state index in [2.05, 4.69) is 11.9 Å². The second kappa shape index (κ2) is 9.96. The predicted molar refractivity (Wildman–Crippen MR) is 78.5 cm³/mol. The molecule has 0 fully saturated rings. The normalized spacial score (nSPS) is 10.6. The van der Waals surface area contributed by atoms with Gasteiger partial charge in [0.05, 0.1) is 13.2 Å². The highest BCUT2D eigenvalue weighted by molar-refractivity contribution is 6.07. The summed E-state index contributed by atoms with van der Waals surface area (Å²) in [5.74, 6) is -2.05. The number of carbonyl (C=O) groups excluding carboxylic acids is 3. The van der Waals surface area contributed by atoms with Crippen molar-refractivity contribution < 1.29 is 23.9 Å².